The van der Waals surface area contributed by atoms with E-state index in [0.717, 1.165) is 13.0 Å². The maximum Gasteiger partial charge on any atom is 0.185 e. The highest BCUT2D eigenvalue weighted by atomic mass is 32.1. The minimum Gasteiger partial charge on any atom is -0.348 e. The molecule has 0 aliphatic carbocycles. The summed E-state index contributed by atoms with van der Waals surface area (Å²) in [7, 11) is 1.98. The Balaban J connectivity index is 1.94. The Morgan fingerprint density at radius 2 is 2.29 bits per heavy atom. The number of thiazole rings is 1. The van der Waals surface area contributed by atoms with E-state index in [-0.39, 0.29) is 0 Å². The topological polar surface area (TPSA) is 28.2 Å². The highest BCUT2D eigenvalue weighted by Gasteiger charge is 2.15. The van der Waals surface area contributed by atoms with Crippen LogP contribution in [0, 0.1) is 0 Å². The predicted octanol–water partition coefficient (Wildman–Crippen LogP) is 1.51. The molecule has 0 spiro atoms. The summed E-state index contributed by atoms with van der Waals surface area (Å²) in [6.07, 6.45) is 3.69. The molecule has 0 saturated carbocycles. The predicted molar refractivity (Wildman–Crippen MR) is 61.2 cm³/mol. The summed E-state index contributed by atoms with van der Waals surface area (Å²) in [5, 5.41) is 6.55. The molecule has 2 rings (SSSR count). The first-order chi connectivity index (χ1) is 6.90. The molecule has 78 valence electrons. The van der Waals surface area contributed by atoms with Gasteiger partial charge in [-0.1, -0.05) is 0 Å². The van der Waals surface area contributed by atoms with E-state index in [1.165, 1.54) is 36.8 Å². The molecule has 14 heavy (non-hydrogen) atoms. The second-order valence-electron chi connectivity index (χ2n) is 3.67. The summed E-state index contributed by atoms with van der Waals surface area (Å²) in [6, 6.07) is 0. The Morgan fingerprint density at radius 3 is 3.00 bits per heavy atom. The molecule has 1 fully saturated rings. The lowest BCUT2D eigenvalue weighted by Crippen LogP contribution is -2.17. The second kappa shape index (κ2) is 4.75. The van der Waals surface area contributed by atoms with E-state index < -0.39 is 0 Å². The van der Waals surface area contributed by atoms with Crippen molar-refractivity contribution in [3.05, 3.63) is 11.1 Å². The summed E-state index contributed by atoms with van der Waals surface area (Å²) < 4.78 is 0. The molecule has 0 aromatic carbocycles. The van der Waals surface area contributed by atoms with Crippen LogP contribution in [0.3, 0.4) is 0 Å². The maximum atomic E-state index is 4.63. The smallest absolute Gasteiger partial charge is 0.185 e. The zero-order valence-corrected chi connectivity index (χ0v) is 9.44. The summed E-state index contributed by atoms with van der Waals surface area (Å²) in [5.41, 5.74) is 1.23. The van der Waals surface area contributed by atoms with Crippen LogP contribution < -0.4 is 10.2 Å². The highest BCUT2D eigenvalue weighted by Crippen LogP contribution is 2.24. The molecule has 1 aromatic rings. The fourth-order valence-electron chi connectivity index (χ4n) is 1.72. The first-order valence-electron chi connectivity index (χ1n) is 5.24. The van der Waals surface area contributed by atoms with E-state index in [9.17, 15) is 0 Å². The van der Waals surface area contributed by atoms with Crippen molar-refractivity contribution in [2.45, 2.75) is 19.3 Å². The maximum absolute atomic E-state index is 4.63. The third kappa shape index (κ3) is 2.25. The zero-order chi connectivity index (χ0) is 9.80. The first-order valence-corrected chi connectivity index (χ1v) is 6.12. The lowest BCUT2D eigenvalue weighted by atomic mass is 10.3. The number of likely N-dealkylation sites (N-methyl/N-ethyl adjacent to an activating group) is 1. The second-order valence-corrected chi connectivity index (χ2v) is 4.51. The molecule has 0 amide bonds. The van der Waals surface area contributed by atoms with Crippen LogP contribution in [0.25, 0.3) is 0 Å². The van der Waals surface area contributed by atoms with Crippen molar-refractivity contribution < 1.29 is 0 Å². The van der Waals surface area contributed by atoms with Gasteiger partial charge in [0, 0.05) is 31.4 Å². The molecule has 1 aliphatic rings. The largest absolute Gasteiger partial charge is 0.348 e. The molecule has 0 unspecified atom stereocenters. The van der Waals surface area contributed by atoms with Crippen molar-refractivity contribution in [2.24, 2.45) is 0 Å². The lowest BCUT2D eigenvalue weighted by molar-refractivity contribution is 0.778. The van der Waals surface area contributed by atoms with Gasteiger partial charge in [0.15, 0.2) is 5.13 Å². The molecular weight excluding hydrogens is 194 g/mol. The summed E-state index contributed by atoms with van der Waals surface area (Å²) >= 11 is 1.78. The average Bonchev–Trinajstić information content (AvgIpc) is 2.85. The normalized spacial score (nSPS) is 16.5. The van der Waals surface area contributed by atoms with Crippen LogP contribution in [0.4, 0.5) is 5.13 Å². The minimum absolute atomic E-state index is 1.02. The van der Waals surface area contributed by atoms with Gasteiger partial charge in [0.1, 0.15) is 0 Å². The van der Waals surface area contributed by atoms with Crippen LogP contribution in [-0.2, 0) is 6.42 Å². The van der Waals surface area contributed by atoms with Gasteiger partial charge in [-0.05, 0) is 19.9 Å². The molecule has 0 bridgehead atoms. The van der Waals surface area contributed by atoms with E-state index in [0.29, 0.717) is 0 Å². The van der Waals surface area contributed by atoms with Gasteiger partial charge in [-0.2, -0.15) is 0 Å². The molecule has 3 nitrogen and oxygen atoms in total. The molecule has 2 heterocycles. The molecule has 0 atom stereocenters. The van der Waals surface area contributed by atoms with Crippen LogP contribution in [0.2, 0.25) is 0 Å². The summed E-state index contributed by atoms with van der Waals surface area (Å²) in [6.45, 7) is 3.40. The van der Waals surface area contributed by atoms with E-state index in [2.05, 4.69) is 20.6 Å². The Morgan fingerprint density at radius 1 is 1.50 bits per heavy atom. The van der Waals surface area contributed by atoms with Crippen molar-refractivity contribution >= 4 is 16.5 Å². The van der Waals surface area contributed by atoms with Crippen molar-refractivity contribution in [1.82, 2.24) is 10.3 Å². The van der Waals surface area contributed by atoms with Crippen molar-refractivity contribution in [3.8, 4) is 0 Å². The Labute approximate surface area is 89.1 Å². The SMILES string of the molecule is CNCCc1csc(N2CCCC2)n1. The van der Waals surface area contributed by atoms with Gasteiger partial charge in [0.25, 0.3) is 0 Å². The number of rotatable bonds is 4. The van der Waals surface area contributed by atoms with Crippen molar-refractivity contribution in [2.75, 3.05) is 31.6 Å². The standard InChI is InChI=1S/C10H17N3S/c1-11-5-4-9-8-14-10(12-9)13-6-2-3-7-13/h8,11H,2-7H2,1H3. The quantitative estimate of drug-likeness (QED) is 0.818. The third-order valence-electron chi connectivity index (χ3n) is 2.55. The van der Waals surface area contributed by atoms with Gasteiger partial charge in [0.2, 0.25) is 0 Å². The number of hydrogen-bond acceptors (Lipinski definition) is 4. The Bertz CT molecular complexity index is 279. The molecule has 1 N–H and O–H groups in total. The fourth-order valence-corrected chi connectivity index (χ4v) is 2.63. The van der Waals surface area contributed by atoms with E-state index in [1.54, 1.807) is 11.3 Å². The van der Waals surface area contributed by atoms with E-state index in [1.807, 2.05) is 7.05 Å². The van der Waals surface area contributed by atoms with Gasteiger partial charge < -0.3 is 10.2 Å². The lowest BCUT2D eigenvalue weighted by Gasteiger charge is -2.12. The zero-order valence-electron chi connectivity index (χ0n) is 8.62. The average molecular weight is 211 g/mol. The number of hydrogen-bond donors (Lipinski definition) is 1. The summed E-state index contributed by atoms with van der Waals surface area (Å²) in [5.74, 6) is 0. The van der Waals surface area contributed by atoms with Crippen LogP contribution >= 0.6 is 11.3 Å². The van der Waals surface area contributed by atoms with E-state index in [4.69, 9.17) is 0 Å². The first kappa shape index (κ1) is 9.93. The molecule has 1 saturated heterocycles. The molecular formula is C10H17N3S. The Kier molecular flexibility index (Phi) is 3.37. The fraction of sp³-hybridized carbons (Fsp3) is 0.700. The van der Waals surface area contributed by atoms with Gasteiger partial charge >= 0.3 is 0 Å². The van der Waals surface area contributed by atoms with Crippen LogP contribution in [0.1, 0.15) is 18.5 Å². The van der Waals surface area contributed by atoms with Gasteiger partial charge in [0.05, 0.1) is 5.69 Å². The monoisotopic (exact) mass is 211 g/mol. The van der Waals surface area contributed by atoms with Gasteiger partial charge in [-0.3, -0.25) is 0 Å². The number of anilines is 1. The highest BCUT2D eigenvalue weighted by molar-refractivity contribution is 7.13. The van der Waals surface area contributed by atoms with Gasteiger partial charge in [-0.15, -0.1) is 11.3 Å². The Hall–Kier alpha value is -0.610. The number of nitrogens with one attached hydrogen (secondary N) is 1. The molecule has 1 aromatic heterocycles. The van der Waals surface area contributed by atoms with Crippen LogP contribution in [0.15, 0.2) is 5.38 Å². The van der Waals surface area contributed by atoms with Crippen molar-refractivity contribution in [1.29, 1.82) is 0 Å². The number of aromatic nitrogens is 1. The summed E-state index contributed by atoms with van der Waals surface area (Å²) in [4.78, 5) is 7.03. The van der Waals surface area contributed by atoms with Crippen molar-refractivity contribution in [3.63, 3.8) is 0 Å². The van der Waals surface area contributed by atoms with Crippen LogP contribution in [0.5, 0.6) is 0 Å². The van der Waals surface area contributed by atoms with Gasteiger partial charge in [-0.25, -0.2) is 4.98 Å². The minimum atomic E-state index is 1.02. The molecule has 1 aliphatic heterocycles. The number of nitrogens with zero attached hydrogens (tertiary/aromatic N) is 2. The third-order valence-corrected chi connectivity index (χ3v) is 3.50. The molecule has 0 radical (unpaired) electrons. The molecule has 4 heteroatoms. The van der Waals surface area contributed by atoms with E-state index >= 15 is 0 Å². The van der Waals surface area contributed by atoms with Crippen LogP contribution in [-0.4, -0.2) is 31.7 Å².